The Kier molecular flexibility index (Phi) is 14.6. The summed E-state index contributed by atoms with van der Waals surface area (Å²) < 4.78 is 21.4. The summed E-state index contributed by atoms with van der Waals surface area (Å²) in [5.74, 6) is -0.808. The second-order valence-corrected chi connectivity index (χ2v) is 10.9. The van der Waals surface area contributed by atoms with Gasteiger partial charge in [-0.3, -0.25) is 19.2 Å². The molecule has 9 heteroatoms. The number of nitrogens with two attached hydrogens (primary N) is 1. The van der Waals surface area contributed by atoms with E-state index in [1.807, 2.05) is 41.5 Å². The SMILES string of the molecule is CC(C)CCC(=O)Oc1ccc(C[C@H](N)C(=O)O[C@@H](C)COC(=O)CC(C)C)cc1OC(=O)CCC(C)C. The molecular formula is C29H45NO8. The molecule has 38 heavy (non-hydrogen) atoms. The molecule has 0 radical (unpaired) electrons. The molecule has 2 atom stereocenters. The Bertz CT molecular complexity index is 925. The molecule has 0 saturated heterocycles. The van der Waals surface area contributed by atoms with Crippen LogP contribution < -0.4 is 15.2 Å². The van der Waals surface area contributed by atoms with Crippen molar-refractivity contribution in [1.29, 1.82) is 0 Å². The van der Waals surface area contributed by atoms with Gasteiger partial charge in [0.1, 0.15) is 18.8 Å². The molecule has 0 aliphatic rings. The molecule has 214 valence electrons. The predicted molar refractivity (Wildman–Crippen MR) is 144 cm³/mol. The highest BCUT2D eigenvalue weighted by atomic mass is 16.6. The van der Waals surface area contributed by atoms with Crippen LogP contribution in [-0.4, -0.2) is 42.6 Å². The smallest absolute Gasteiger partial charge is 0.323 e. The zero-order valence-electron chi connectivity index (χ0n) is 23.9. The fraction of sp³-hybridized carbons (Fsp3) is 0.655. The van der Waals surface area contributed by atoms with E-state index < -0.39 is 30.1 Å². The van der Waals surface area contributed by atoms with Gasteiger partial charge in [0.15, 0.2) is 11.5 Å². The summed E-state index contributed by atoms with van der Waals surface area (Å²) in [4.78, 5) is 48.9. The number of hydrogen-bond acceptors (Lipinski definition) is 9. The van der Waals surface area contributed by atoms with Crippen molar-refractivity contribution in [3.8, 4) is 11.5 Å². The second-order valence-electron chi connectivity index (χ2n) is 10.9. The van der Waals surface area contributed by atoms with Gasteiger partial charge in [-0.25, -0.2) is 0 Å². The maximum absolute atomic E-state index is 12.5. The van der Waals surface area contributed by atoms with E-state index in [1.165, 1.54) is 6.07 Å². The van der Waals surface area contributed by atoms with E-state index in [9.17, 15) is 19.2 Å². The van der Waals surface area contributed by atoms with Gasteiger partial charge in [0.25, 0.3) is 0 Å². The predicted octanol–water partition coefficient (Wildman–Crippen LogP) is 4.76. The quantitative estimate of drug-likeness (QED) is 0.235. The molecule has 2 N–H and O–H groups in total. The summed E-state index contributed by atoms with van der Waals surface area (Å²) in [6.45, 7) is 13.4. The van der Waals surface area contributed by atoms with Gasteiger partial charge in [-0.05, 0) is 61.6 Å². The van der Waals surface area contributed by atoms with Crippen molar-refractivity contribution < 1.29 is 38.1 Å². The molecule has 0 aliphatic heterocycles. The topological polar surface area (TPSA) is 131 Å². The van der Waals surface area contributed by atoms with Crippen LogP contribution >= 0.6 is 0 Å². The van der Waals surface area contributed by atoms with Crippen LogP contribution in [0.4, 0.5) is 0 Å². The van der Waals surface area contributed by atoms with E-state index in [2.05, 4.69) is 0 Å². The molecule has 0 fully saturated rings. The number of rotatable bonds is 16. The molecule has 1 rings (SSSR count). The van der Waals surface area contributed by atoms with Crippen LogP contribution in [-0.2, 0) is 35.1 Å². The van der Waals surface area contributed by atoms with E-state index in [0.717, 1.165) is 0 Å². The third kappa shape index (κ3) is 14.1. The Labute approximate surface area is 226 Å². The minimum atomic E-state index is -1.01. The van der Waals surface area contributed by atoms with Crippen molar-refractivity contribution in [3.05, 3.63) is 23.8 Å². The van der Waals surface area contributed by atoms with E-state index in [-0.39, 0.29) is 55.7 Å². The van der Waals surface area contributed by atoms with Gasteiger partial charge in [-0.1, -0.05) is 47.6 Å². The second kappa shape index (κ2) is 16.8. The van der Waals surface area contributed by atoms with E-state index in [4.69, 9.17) is 24.7 Å². The van der Waals surface area contributed by atoms with Crippen LogP contribution in [0.5, 0.6) is 11.5 Å². The van der Waals surface area contributed by atoms with E-state index in [1.54, 1.807) is 19.1 Å². The molecule has 0 unspecified atom stereocenters. The molecule has 1 aromatic carbocycles. The first-order valence-electron chi connectivity index (χ1n) is 13.4. The number of carbonyl (C=O) groups is 4. The number of hydrogen-bond donors (Lipinski definition) is 1. The van der Waals surface area contributed by atoms with Gasteiger partial charge in [0.05, 0.1) is 0 Å². The summed E-state index contributed by atoms with van der Waals surface area (Å²) >= 11 is 0. The number of carbonyl (C=O) groups excluding carboxylic acids is 4. The normalized spacial score (nSPS) is 12.8. The van der Waals surface area contributed by atoms with Gasteiger partial charge < -0.3 is 24.7 Å². The van der Waals surface area contributed by atoms with E-state index in [0.29, 0.717) is 30.2 Å². The fourth-order valence-corrected chi connectivity index (χ4v) is 3.26. The average molecular weight is 536 g/mol. The first-order chi connectivity index (χ1) is 17.8. The lowest BCUT2D eigenvalue weighted by atomic mass is 10.1. The first kappa shape index (κ1) is 33.1. The summed E-state index contributed by atoms with van der Waals surface area (Å²) in [5, 5.41) is 0. The van der Waals surface area contributed by atoms with Crippen LogP contribution in [0.1, 0.15) is 86.1 Å². The maximum atomic E-state index is 12.5. The standard InChI is InChI=1S/C29H45NO8/c1-18(2)8-12-26(31)37-24-11-10-22(16-25(24)38-27(32)13-9-19(3)4)15-23(30)29(34)36-21(7)17-35-28(33)14-20(5)6/h10-11,16,18-21,23H,8-9,12-15,17,30H2,1-7H3/t21-,23-/m0/s1. The molecule has 0 aliphatic carbocycles. The Hall–Kier alpha value is -2.94. The minimum absolute atomic E-state index is 0.0582. The van der Waals surface area contributed by atoms with Gasteiger partial charge in [-0.2, -0.15) is 0 Å². The number of ether oxygens (including phenoxy) is 4. The lowest BCUT2D eigenvalue weighted by molar-refractivity contribution is -0.159. The molecule has 0 amide bonds. The summed E-state index contributed by atoms with van der Waals surface area (Å²) in [7, 11) is 0. The van der Waals surface area contributed by atoms with Crippen LogP contribution in [0.15, 0.2) is 18.2 Å². The zero-order valence-corrected chi connectivity index (χ0v) is 23.9. The highest BCUT2D eigenvalue weighted by Gasteiger charge is 2.22. The van der Waals surface area contributed by atoms with Gasteiger partial charge in [0.2, 0.25) is 0 Å². The Morgan fingerprint density at radius 3 is 1.84 bits per heavy atom. The maximum Gasteiger partial charge on any atom is 0.323 e. The molecule has 0 heterocycles. The van der Waals surface area contributed by atoms with Gasteiger partial charge >= 0.3 is 23.9 Å². The average Bonchev–Trinajstić information content (AvgIpc) is 2.81. The van der Waals surface area contributed by atoms with Gasteiger partial charge in [-0.15, -0.1) is 0 Å². The van der Waals surface area contributed by atoms with Gasteiger partial charge in [0, 0.05) is 19.3 Å². The van der Waals surface area contributed by atoms with Crippen molar-refractivity contribution in [2.24, 2.45) is 23.5 Å². The molecule has 0 aromatic heterocycles. The molecule has 0 spiro atoms. The van der Waals surface area contributed by atoms with Crippen LogP contribution in [0.3, 0.4) is 0 Å². The molecule has 1 aromatic rings. The minimum Gasteiger partial charge on any atom is -0.462 e. The fourth-order valence-electron chi connectivity index (χ4n) is 3.26. The third-order valence-electron chi connectivity index (χ3n) is 5.44. The summed E-state index contributed by atoms with van der Waals surface area (Å²) in [6.07, 6.45) is 1.51. The van der Waals surface area contributed by atoms with Crippen molar-refractivity contribution in [1.82, 2.24) is 0 Å². The van der Waals surface area contributed by atoms with Crippen LogP contribution in [0.25, 0.3) is 0 Å². The van der Waals surface area contributed by atoms with Crippen LogP contribution in [0, 0.1) is 17.8 Å². The zero-order chi connectivity index (χ0) is 28.8. The Morgan fingerprint density at radius 1 is 0.763 bits per heavy atom. The summed E-state index contributed by atoms with van der Waals surface area (Å²) in [5.41, 5.74) is 6.66. The molecule has 0 saturated carbocycles. The highest BCUT2D eigenvalue weighted by molar-refractivity contribution is 5.77. The monoisotopic (exact) mass is 535 g/mol. The lowest BCUT2D eigenvalue weighted by Crippen LogP contribution is -2.37. The van der Waals surface area contributed by atoms with Crippen molar-refractivity contribution in [3.63, 3.8) is 0 Å². The Morgan fingerprint density at radius 2 is 1.32 bits per heavy atom. The summed E-state index contributed by atoms with van der Waals surface area (Å²) in [6, 6.07) is 3.72. The first-order valence-corrected chi connectivity index (χ1v) is 13.4. The molecule has 9 nitrogen and oxygen atoms in total. The number of benzene rings is 1. The Balaban J connectivity index is 2.86. The highest BCUT2D eigenvalue weighted by Crippen LogP contribution is 2.30. The van der Waals surface area contributed by atoms with Crippen molar-refractivity contribution in [2.75, 3.05) is 6.61 Å². The molecule has 0 bridgehead atoms. The van der Waals surface area contributed by atoms with E-state index >= 15 is 0 Å². The van der Waals surface area contributed by atoms with Crippen molar-refractivity contribution >= 4 is 23.9 Å². The number of esters is 4. The lowest BCUT2D eigenvalue weighted by Gasteiger charge is -2.18. The van der Waals surface area contributed by atoms with Crippen LogP contribution in [0.2, 0.25) is 0 Å². The van der Waals surface area contributed by atoms with Crippen molar-refractivity contribution in [2.45, 2.75) is 99.1 Å². The third-order valence-corrected chi connectivity index (χ3v) is 5.44. The molecular weight excluding hydrogens is 490 g/mol. The largest absolute Gasteiger partial charge is 0.462 e.